The predicted molar refractivity (Wildman–Crippen MR) is 164 cm³/mol. The molecular weight excluding hydrogens is 566 g/mol. The van der Waals surface area contributed by atoms with Gasteiger partial charge in [0.2, 0.25) is 11.8 Å². The number of aromatic nitrogens is 1. The van der Waals surface area contributed by atoms with Crippen molar-refractivity contribution in [1.29, 1.82) is 0 Å². The molecule has 4 amide bonds. The second-order valence-electron chi connectivity index (χ2n) is 10.6. The minimum Gasteiger partial charge on any atom is -0.368 e. The molecule has 3 atom stereocenters. The molecule has 43 heavy (non-hydrogen) atoms. The second kappa shape index (κ2) is 13.0. The normalized spacial score (nSPS) is 17.8. The molecule has 0 aliphatic carbocycles. The van der Waals surface area contributed by atoms with Gasteiger partial charge in [-0.1, -0.05) is 66.2 Å². The van der Waals surface area contributed by atoms with Gasteiger partial charge in [-0.2, -0.15) is 0 Å². The van der Waals surface area contributed by atoms with Crippen LogP contribution >= 0.6 is 11.6 Å². The molecule has 3 N–H and O–H groups in total. The van der Waals surface area contributed by atoms with Gasteiger partial charge in [0.25, 0.3) is 11.8 Å². The zero-order chi connectivity index (χ0) is 30.5. The van der Waals surface area contributed by atoms with E-state index in [1.807, 2.05) is 49.4 Å². The summed E-state index contributed by atoms with van der Waals surface area (Å²) in [6.07, 6.45) is 3.59. The van der Waals surface area contributed by atoms with Gasteiger partial charge in [-0.15, -0.1) is 0 Å². The van der Waals surface area contributed by atoms with Crippen LogP contribution in [0.5, 0.6) is 0 Å². The highest BCUT2D eigenvalue weighted by Crippen LogP contribution is 2.33. The van der Waals surface area contributed by atoms with Gasteiger partial charge < -0.3 is 20.9 Å². The van der Waals surface area contributed by atoms with Crippen molar-refractivity contribution in [1.82, 2.24) is 20.1 Å². The predicted octanol–water partition coefficient (Wildman–Crippen LogP) is 3.91. The third-order valence-electron chi connectivity index (χ3n) is 7.85. The number of hydrogen-bond acceptors (Lipinski definition) is 5. The van der Waals surface area contributed by atoms with Gasteiger partial charge in [0, 0.05) is 42.0 Å². The molecule has 2 heterocycles. The Morgan fingerprint density at radius 3 is 2.49 bits per heavy atom. The SMILES string of the molecule is CC1CCN([C@H](Cc2cccc3ccccc23)C(N)=O)C(=O)C(c2cccc(Cl)c2)N1C(=O)CNC(=O)c1ccncc1. The third kappa shape index (κ3) is 6.52. The second-order valence-corrected chi connectivity index (χ2v) is 11.0. The lowest BCUT2D eigenvalue weighted by atomic mass is 9.96. The van der Waals surface area contributed by atoms with Crippen molar-refractivity contribution in [2.24, 2.45) is 5.73 Å². The summed E-state index contributed by atoms with van der Waals surface area (Å²) in [6.45, 7) is 1.73. The van der Waals surface area contributed by atoms with Crippen LogP contribution in [-0.2, 0) is 20.8 Å². The van der Waals surface area contributed by atoms with Crippen LogP contribution in [0.1, 0.15) is 40.9 Å². The first-order valence-electron chi connectivity index (χ1n) is 14.1. The first-order chi connectivity index (χ1) is 20.7. The van der Waals surface area contributed by atoms with Crippen molar-refractivity contribution in [3.63, 3.8) is 0 Å². The number of hydrogen-bond donors (Lipinski definition) is 2. The van der Waals surface area contributed by atoms with E-state index in [9.17, 15) is 19.2 Å². The Balaban J connectivity index is 1.48. The number of amides is 4. The standard InChI is InChI=1S/C33H32ClN5O4/c1-21-14-17-38(28(31(35)41)19-24-8-4-7-22-6-2-3-11-27(22)24)33(43)30(25-9-5-10-26(34)18-25)39(21)29(40)20-37-32(42)23-12-15-36-16-13-23/h2-13,15-16,18,21,28,30H,14,17,19-20H2,1H3,(H2,35,41)(H,37,42)/t21?,28-,30?/m1/s1. The molecule has 0 bridgehead atoms. The van der Waals surface area contributed by atoms with Crippen molar-refractivity contribution in [2.75, 3.05) is 13.1 Å². The molecule has 3 aromatic carbocycles. The van der Waals surface area contributed by atoms with E-state index in [0.29, 0.717) is 22.6 Å². The maximum absolute atomic E-state index is 14.5. The fourth-order valence-corrected chi connectivity index (χ4v) is 5.88. The number of benzene rings is 3. The molecule has 9 nitrogen and oxygen atoms in total. The number of carbonyl (C=O) groups is 4. The van der Waals surface area contributed by atoms with E-state index in [1.165, 1.54) is 22.2 Å². The molecular formula is C33H32ClN5O4. The highest BCUT2D eigenvalue weighted by atomic mass is 35.5. The zero-order valence-electron chi connectivity index (χ0n) is 23.7. The van der Waals surface area contributed by atoms with Crippen LogP contribution in [0.25, 0.3) is 10.8 Å². The minimum atomic E-state index is -1.09. The molecule has 1 saturated heterocycles. The van der Waals surface area contributed by atoms with E-state index in [2.05, 4.69) is 10.3 Å². The number of primary amides is 1. The fourth-order valence-electron chi connectivity index (χ4n) is 5.68. The Bertz CT molecular complexity index is 1660. The molecule has 5 rings (SSSR count). The topological polar surface area (TPSA) is 126 Å². The monoisotopic (exact) mass is 597 g/mol. The maximum atomic E-state index is 14.5. The number of nitrogens with two attached hydrogens (primary N) is 1. The van der Waals surface area contributed by atoms with Gasteiger partial charge in [-0.3, -0.25) is 24.2 Å². The molecule has 0 radical (unpaired) electrons. The zero-order valence-corrected chi connectivity index (χ0v) is 24.4. The van der Waals surface area contributed by atoms with Gasteiger partial charge in [-0.25, -0.2) is 0 Å². The average molecular weight is 598 g/mol. The number of pyridine rings is 1. The highest BCUT2D eigenvalue weighted by molar-refractivity contribution is 6.30. The summed E-state index contributed by atoms with van der Waals surface area (Å²) < 4.78 is 0. The van der Waals surface area contributed by atoms with Crippen LogP contribution in [-0.4, -0.2) is 63.6 Å². The lowest BCUT2D eigenvalue weighted by Crippen LogP contribution is -2.53. The van der Waals surface area contributed by atoms with Crippen molar-refractivity contribution < 1.29 is 19.2 Å². The van der Waals surface area contributed by atoms with Gasteiger partial charge in [0.15, 0.2) is 0 Å². The van der Waals surface area contributed by atoms with Crippen LogP contribution in [0.3, 0.4) is 0 Å². The lowest BCUT2D eigenvalue weighted by molar-refractivity contribution is -0.148. The molecule has 220 valence electrons. The van der Waals surface area contributed by atoms with E-state index in [0.717, 1.165) is 16.3 Å². The summed E-state index contributed by atoms with van der Waals surface area (Å²) in [4.78, 5) is 60.8. The van der Waals surface area contributed by atoms with Crippen LogP contribution in [0, 0.1) is 0 Å². The molecule has 4 aromatic rings. The van der Waals surface area contributed by atoms with Crippen LogP contribution in [0.4, 0.5) is 0 Å². The van der Waals surface area contributed by atoms with E-state index in [1.54, 1.807) is 36.4 Å². The van der Waals surface area contributed by atoms with Gasteiger partial charge >= 0.3 is 0 Å². The summed E-state index contributed by atoms with van der Waals surface area (Å²) in [5, 5.41) is 5.04. The van der Waals surface area contributed by atoms with Crippen molar-refractivity contribution in [2.45, 2.75) is 37.9 Å². The summed E-state index contributed by atoms with van der Waals surface area (Å²) in [6, 6.07) is 21.1. The number of rotatable bonds is 8. The van der Waals surface area contributed by atoms with E-state index >= 15 is 0 Å². The van der Waals surface area contributed by atoms with Gasteiger partial charge in [-0.05, 0) is 59.5 Å². The number of carbonyl (C=O) groups excluding carboxylic acids is 4. The summed E-state index contributed by atoms with van der Waals surface area (Å²) in [5.41, 5.74) is 7.70. The van der Waals surface area contributed by atoms with Crippen LogP contribution < -0.4 is 11.1 Å². The largest absolute Gasteiger partial charge is 0.368 e. The van der Waals surface area contributed by atoms with Gasteiger partial charge in [0.1, 0.15) is 12.1 Å². The van der Waals surface area contributed by atoms with Crippen LogP contribution in [0.2, 0.25) is 5.02 Å². The Hall–Kier alpha value is -4.76. The Morgan fingerprint density at radius 2 is 1.74 bits per heavy atom. The quantitative estimate of drug-likeness (QED) is 0.319. The van der Waals surface area contributed by atoms with Crippen LogP contribution in [0.15, 0.2) is 91.3 Å². The first-order valence-corrected chi connectivity index (χ1v) is 14.4. The minimum absolute atomic E-state index is 0.211. The van der Waals surface area contributed by atoms with E-state index < -0.39 is 41.8 Å². The van der Waals surface area contributed by atoms with Crippen molar-refractivity contribution in [3.8, 4) is 0 Å². The molecule has 2 unspecified atom stereocenters. The smallest absolute Gasteiger partial charge is 0.251 e. The molecule has 1 aliphatic rings. The third-order valence-corrected chi connectivity index (χ3v) is 8.09. The van der Waals surface area contributed by atoms with E-state index in [-0.39, 0.29) is 19.5 Å². The Kier molecular flexibility index (Phi) is 9.01. The number of nitrogens with one attached hydrogen (secondary N) is 1. The summed E-state index contributed by atoms with van der Waals surface area (Å²) >= 11 is 6.33. The molecule has 10 heteroatoms. The average Bonchev–Trinajstić information content (AvgIpc) is 3.14. The summed E-state index contributed by atoms with van der Waals surface area (Å²) in [7, 11) is 0. The molecule has 0 spiro atoms. The molecule has 0 saturated carbocycles. The first kappa shape index (κ1) is 29.7. The maximum Gasteiger partial charge on any atom is 0.251 e. The summed E-state index contributed by atoms with van der Waals surface area (Å²) in [5.74, 6) is -1.96. The number of nitrogens with zero attached hydrogens (tertiary/aromatic N) is 3. The molecule has 1 aromatic heterocycles. The van der Waals surface area contributed by atoms with E-state index in [4.69, 9.17) is 17.3 Å². The van der Waals surface area contributed by atoms with Gasteiger partial charge in [0.05, 0.1) is 6.54 Å². The Labute approximate surface area is 254 Å². The van der Waals surface area contributed by atoms with Crippen molar-refractivity contribution >= 4 is 46.0 Å². The highest BCUT2D eigenvalue weighted by Gasteiger charge is 2.43. The number of fused-ring (bicyclic) bond motifs is 1. The van der Waals surface area contributed by atoms with Crippen molar-refractivity contribution in [3.05, 3.63) is 113 Å². The molecule has 1 fully saturated rings. The lowest BCUT2D eigenvalue weighted by Gasteiger charge is -2.36. The fraction of sp³-hybridized carbons (Fsp3) is 0.242. The Morgan fingerprint density at radius 1 is 1.02 bits per heavy atom. The molecule has 1 aliphatic heterocycles. The number of halogens is 1.